The SMILES string of the molecule is CCN(CC)C(=O)C(C)n1c(=O)[nH]cc(C(C)=O)c1=O. The molecule has 0 aromatic carbocycles. The summed E-state index contributed by atoms with van der Waals surface area (Å²) in [5.41, 5.74) is -1.58. The molecule has 7 heteroatoms. The fourth-order valence-corrected chi connectivity index (χ4v) is 2.00. The van der Waals surface area contributed by atoms with Gasteiger partial charge in [0.2, 0.25) is 5.91 Å². The first kappa shape index (κ1) is 15.9. The molecule has 1 heterocycles. The van der Waals surface area contributed by atoms with Gasteiger partial charge in [-0.05, 0) is 27.7 Å². The van der Waals surface area contributed by atoms with Gasteiger partial charge in [0.05, 0.1) is 5.56 Å². The monoisotopic (exact) mass is 281 g/mol. The Balaban J connectivity index is 3.36. The Morgan fingerprint density at radius 3 is 2.30 bits per heavy atom. The molecule has 0 bridgehead atoms. The van der Waals surface area contributed by atoms with Gasteiger partial charge in [0, 0.05) is 19.3 Å². The van der Waals surface area contributed by atoms with Crippen molar-refractivity contribution in [1.29, 1.82) is 0 Å². The Hall–Kier alpha value is -2.18. The zero-order valence-corrected chi connectivity index (χ0v) is 12.1. The van der Waals surface area contributed by atoms with Gasteiger partial charge in [0.25, 0.3) is 5.56 Å². The third-order valence-electron chi connectivity index (χ3n) is 3.21. The number of aromatic nitrogens is 2. The molecule has 1 unspecified atom stereocenters. The van der Waals surface area contributed by atoms with E-state index < -0.39 is 23.1 Å². The number of carbonyl (C=O) groups excluding carboxylic acids is 2. The molecular formula is C13H19N3O4. The van der Waals surface area contributed by atoms with Crippen LogP contribution in [0, 0.1) is 0 Å². The van der Waals surface area contributed by atoms with Crippen LogP contribution in [0.3, 0.4) is 0 Å². The van der Waals surface area contributed by atoms with Gasteiger partial charge in [-0.15, -0.1) is 0 Å². The molecule has 0 aliphatic rings. The molecule has 1 aromatic heterocycles. The van der Waals surface area contributed by atoms with Crippen LogP contribution in [0.1, 0.15) is 44.1 Å². The van der Waals surface area contributed by atoms with Crippen molar-refractivity contribution in [3.8, 4) is 0 Å². The smallest absolute Gasteiger partial charge is 0.329 e. The summed E-state index contributed by atoms with van der Waals surface area (Å²) in [5.74, 6) is -0.786. The maximum atomic E-state index is 12.2. The van der Waals surface area contributed by atoms with Gasteiger partial charge in [-0.1, -0.05) is 0 Å². The van der Waals surface area contributed by atoms with Gasteiger partial charge < -0.3 is 9.88 Å². The lowest BCUT2D eigenvalue weighted by molar-refractivity contribution is -0.134. The Bertz CT molecular complexity index is 625. The first-order chi connectivity index (χ1) is 9.34. The second-order valence-electron chi connectivity index (χ2n) is 4.43. The van der Waals surface area contributed by atoms with E-state index in [4.69, 9.17) is 0 Å². The van der Waals surface area contributed by atoms with Crippen LogP contribution in [0.4, 0.5) is 0 Å². The predicted molar refractivity (Wildman–Crippen MR) is 74.0 cm³/mol. The molecule has 20 heavy (non-hydrogen) atoms. The summed E-state index contributed by atoms with van der Waals surface area (Å²) >= 11 is 0. The number of rotatable bonds is 5. The molecular weight excluding hydrogens is 262 g/mol. The summed E-state index contributed by atoms with van der Waals surface area (Å²) in [6.45, 7) is 7.30. The van der Waals surface area contributed by atoms with Crippen molar-refractivity contribution >= 4 is 11.7 Å². The van der Waals surface area contributed by atoms with Crippen molar-refractivity contribution in [3.63, 3.8) is 0 Å². The zero-order valence-electron chi connectivity index (χ0n) is 12.1. The van der Waals surface area contributed by atoms with E-state index >= 15 is 0 Å². The minimum atomic E-state index is -0.953. The van der Waals surface area contributed by atoms with Crippen molar-refractivity contribution in [2.24, 2.45) is 0 Å². The summed E-state index contributed by atoms with van der Waals surface area (Å²) in [6.07, 6.45) is 1.08. The van der Waals surface area contributed by atoms with Gasteiger partial charge in [0.1, 0.15) is 6.04 Å². The number of aromatic amines is 1. The maximum absolute atomic E-state index is 12.2. The van der Waals surface area contributed by atoms with E-state index in [2.05, 4.69) is 4.98 Å². The van der Waals surface area contributed by atoms with Gasteiger partial charge in [0.15, 0.2) is 5.78 Å². The third-order valence-corrected chi connectivity index (χ3v) is 3.21. The minimum Gasteiger partial charge on any atom is -0.341 e. The maximum Gasteiger partial charge on any atom is 0.329 e. The van der Waals surface area contributed by atoms with Gasteiger partial charge >= 0.3 is 5.69 Å². The molecule has 1 rings (SSSR count). The first-order valence-corrected chi connectivity index (χ1v) is 6.49. The van der Waals surface area contributed by atoms with E-state index in [1.165, 1.54) is 18.7 Å². The average molecular weight is 281 g/mol. The van der Waals surface area contributed by atoms with E-state index in [0.717, 1.165) is 10.8 Å². The quantitative estimate of drug-likeness (QED) is 0.779. The standard InChI is InChI=1S/C13H19N3O4/c1-5-15(6-2)11(18)8(3)16-12(19)10(9(4)17)7-14-13(16)20/h7-8H,5-6H2,1-4H3,(H,14,20). The van der Waals surface area contributed by atoms with Crippen molar-refractivity contribution in [3.05, 3.63) is 32.6 Å². The van der Waals surface area contributed by atoms with Gasteiger partial charge in [-0.2, -0.15) is 0 Å². The number of hydrogen-bond donors (Lipinski definition) is 1. The fraction of sp³-hybridized carbons (Fsp3) is 0.538. The molecule has 1 amide bonds. The van der Waals surface area contributed by atoms with E-state index in [1.54, 1.807) is 0 Å². The van der Waals surface area contributed by atoms with Crippen LogP contribution in [0.5, 0.6) is 0 Å². The molecule has 0 saturated heterocycles. The Morgan fingerprint density at radius 1 is 1.30 bits per heavy atom. The van der Waals surface area contributed by atoms with Crippen LogP contribution in [-0.4, -0.2) is 39.2 Å². The molecule has 0 saturated carbocycles. The number of likely N-dealkylation sites (N-methyl/N-ethyl adjacent to an activating group) is 1. The van der Waals surface area contributed by atoms with Crippen LogP contribution < -0.4 is 11.2 Å². The lowest BCUT2D eigenvalue weighted by Crippen LogP contribution is -2.46. The summed E-state index contributed by atoms with van der Waals surface area (Å²) in [6, 6.07) is -0.953. The summed E-state index contributed by atoms with van der Waals surface area (Å²) in [4.78, 5) is 51.3. The highest BCUT2D eigenvalue weighted by Gasteiger charge is 2.24. The third kappa shape index (κ3) is 2.87. The Labute approximate surface area is 116 Å². The molecule has 0 radical (unpaired) electrons. The van der Waals surface area contributed by atoms with Crippen molar-refractivity contribution < 1.29 is 9.59 Å². The molecule has 1 aromatic rings. The summed E-state index contributed by atoms with van der Waals surface area (Å²) < 4.78 is 0.789. The normalized spacial score (nSPS) is 12.0. The number of H-pyrrole nitrogens is 1. The minimum absolute atomic E-state index is 0.135. The van der Waals surface area contributed by atoms with Crippen LogP contribution >= 0.6 is 0 Å². The molecule has 0 aliphatic heterocycles. The highest BCUT2D eigenvalue weighted by molar-refractivity contribution is 5.93. The molecule has 0 aliphatic carbocycles. The van der Waals surface area contributed by atoms with Gasteiger partial charge in [-0.3, -0.25) is 14.4 Å². The predicted octanol–water partition coefficient (Wildman–Crippen LogP) is 0.169. The number of amides is 1. The van der Waals surface area contributed by atoms with Crippen LogP contribution in [0.2, 0.25) is 0 Å². The average Bonchev–Trinajstić information content (AvgIpc) is 2.39. The summed E-state index contributed by atoms with van der Waals surface area (Å²) in [7, 11) is 0. The number of hydrogen-bond acceptors (Lipinski definition) is 4. The second-order valence-corrected chi connectivity index (χ2v) is 4.43. The topological polar surface area (TPSA) is 92.2 Å². The highest BCUT2D eigenvalue weighted by Crippen LogP contribution is 2.05. The number of ketones is 1. The molecule has 7 nitrogen and oxygen atoms in total. The fourth-order valence-electron chi connectivity index (χ4n) is 2.00. The van der Waals surface area contributed by atoms with E-state index in [9.17, 15) is 19.2 Å². The number of carbonyl (C=O) groups is 2. The Morgan fingerprint density at radius 2 is 1.85 bits per heavy atom. The first-order valence-electron chi connectivity index (χ1n) is 6.49. The second kappa shape index (κ2) is 6.31. The largest absolute Gasteiger partial charge is 0.341 e. The van der Waals surface area contributed by atoms with E-state index in [0.29, 0.717) is 13.1 Å². The number of Topliss-reactive ketones (excluding diaryl/α,β-unsaturated/α-hetero) is 1. The van der Waals surface area contributed by atoms with Gasteiger partial charge in [-0.25, -0.2) is 9.36 Å². The van der Waals surface area contributed by atoms with E-state index in [1.807, 2.05) is 13.8 Å². The highest BCUT2D eigenvalue weighted by atomic mass is 16.2. The van der Waals surface area contributed by atoms with Crippen molar-refractivity contribution in [2.45, 2.75) is 33.7 Å². The van der Waals surface area contributed by atoms with Crippen LogP contribution in [-0.2, 0) is 4.79 Å². The molecule has 110 valence electrons. The lowest BCUT2D eigenvalue weighted by atomic mass is 10.2. The number of nitrogens with zero attached hydrogens (tertiary/aromatic N) is 2. The molecule has 1 atom stereocenters. The molecule has 1 N–H and O–H groups in total. The van der Waals surface area contributed by atoms with Crippen LogP contribution in [0.25, 0.3) is 0 Å². The molecule has 0 spiro atoms. The molecule has 0 fully saturated rings. The number of nitrogens with one attached hydrogen (secondary N) is 1. The lowest BCUT2D eigenvalue weighted by Gasteiger charge is -2.23. The Kier molecular flexibility index (Phi) is 5.01. The van der Waals surface area contributed by atoms with Crippen LogP contribution in [0.15, 0.2) is 15.8 Å². The van der Waals surface area contributed by atoms with Crippen molar-refractivity contribution in [2.75, 3.05) is 13.1 Å². The zero-order chi connectivity index (χ0) is 15.4. The summed E-state index contributed by atoms with van der Waals surface area (Å²) in [5, 5.41) is 0. The van der Waals surface area contributed by atoms with E-state index in [-0.39, 0.29) is 11.5 Å². The van der Waals surface area contributed by atoms with Crippen molar-refractivity contribution in [1.82, 2.24) is 14.5 Å².